The summed E-state index contributed by atoms with van der Waals surface area (Å²) in [6, 6.07) is 27.2. The van der Waals surface area contributed by atoms with Crippen LogP contribution in [0, 0.1) is 0 Å². The summed E-state index contributed by atoms with van der Waals surface area (Å²) >= 11 is 1.36. The molecule has 0 saturated carbocycles. The van der Waals surface area contributed by atoms with Crippen molar-refractivity contribution in [3.05, 3.63) is 107 Å². The molecular formula is C25H21N3O2S. The van der Waals surface area contributed by atoms with Gasteiger partial charge < -0.3 is 4.74 Å². The summed E-state index contributed by atoms with van der Waals surface area (Å²) in [6.45, 7) is 0. The van der Waals surface area contributed by atoms with Gasteiger partial charge in [-0.15, -0.1) is 10.2 Å². The second-order valence-electron chi connectivity index (χ2n) is 6.78. The number of nitrogens with zero attached hydrogens (tertiary/aromatic N) is 2. The maximum absolute atomic E-state index is 13.1. The summed E-state index contributed by atoms with van der Waals surface area (Å²) < 4.78 is 5.41. The lowest BCUT2D eigenvalue weighted by atomic mass is 10.0. The van der Waals surface area contributed by atoms with E-state index in [-0.39, 0.29) is 5.91 Å². The topological polar surface area (TPSA) is 64.1 Å². The number of carbonyl (C=O) groups excluding carboxylic acids is 1. The van der Waals surface area contributed by atoms with E-state index in [0.29, 0.717) is 17.1 Å². The predicted molar refractivity (Wildman–Crippen MR) is 125 cm³/mol. The van der Waals surface area contributed by atoms with Gasteiger partial charge in [0.15, 0.2) is 0 Å². The highest BCUT2D eigenvalue weighted by atomic mass is 32.1. The Kier molecular flexibility index (Phi) is 6.50. The van der Waals surface area contributed by atoms with Gasteiger partial charge in [0.2, 0.25) is 5.13 Å². The Bertz CT molecular complexity index is 1190. The van der Waals surface area contributed by atoms with Crippen molar-refractivity contribution in [2.24, 2.45) is 0 Å². The Morgan fingerprint density at radius 1 is 0.935 bits per heavy atom. The van der Waals surface area contributed by atoms with Crippen LogP contribution < -0.4 is 10.1 Å². The first-order valence-electron chi connectivity index (χ1n) is 9.81. The number of aromatic nitrogens is 2. The molecule has 0 fully saturated rings. The van der Waals surface area contributed by atoms with Crippen LogP contribution in [0.3, 0.4) is 0 Å². The molecule has 1 amide bonds. The number of benzene rings is 3. The van der Waals surface area contributed by atoms with Crippen molar-refractivity contribution in [3.8, 4) is 5.75 Å². The number of hydrogen-bond donors (Lipinski definition) is 1. The molecule has 0 spiro atoms. The standard InChI is InChI=1S/C25H21N3O2S/c1-30-22-15-9-8-14-20(22)17-23-27-28-25(31-23)26-24(29)21(19-12-6-3-7-13-19)16-18-10-4-2-5-11-18/h2-16H,17H2,1H3,(H,26,28,29)/b21-16+. The zero-order valence-electron chi connectivity index (χ0n) is 17.0. The third-order valence-electron chi connectivity index (χ3n) is 4.66. The third kappa shape index (κ3) is 5.24. The highest BCUT2D eigenvalue weighted by Crippen LogP contribution is 2.26. The summed E-state index contributed by atoms with van der Waals surface area (Å²) in [5.74, 6) is 0.579. The second kappa shape index (κ2) is 9.82. The van der Waals surface area contributed by atoms with E-state index in [1.165, 1.54) is 11.3 Å². The van der Waals surface area contributed by atoms with Gasteiger partial charge in [0.1, 0.15) is 10.8 Å². The molecule has 154 valence electrons. The zero-order chi connectivity index (χ0) is 21.5. The Labute approximate surface area is 185 Å². The van der Waals surface area contributed by atoms with Crippen molar-refractivity contribution in [1.29, 1.82) is 0 Å². The highest BCUT2D eigenvalue weighted by molar-refractivity contribution is 7.15. The Morgan fingerprint density at radius 2 is 1.61 bits per heavy atom. The van der Waals surface area contributed by atoms with E-state index in [1.807, 2.05) is 91.0 Å². The van der Waals surface area contributed by atoms with E-state index in [9.17, 15) is 4.79 Å². The smallest absolute Gasteiger partial charge is 0.258 e. The van der Waals surface area contributed by atoms with Crippen LogP contribution in [-0.4, -0.2) is 23.2 Å². The largest absolute Gasteiger partial charge is 0.496 e. The molecule has 3 aromatic carbocycles. The fourth-order valence-corrected chi connectivity index (χ4v) is 3.92. The highest BCUT2D eigenvalue weighted by Gasteiger charge is 2.15. The molecular weight excluding hydrogens is 406 g/mol. The second-order valence-corrected chi connectivity index (χ2v) is 7.84. The first-order chi connectivity index (χ1) is 15.2. The van der Waals surface area contributed by atoms with E-state index in [2.05, 4.69) is 15.5 Å². The number of methoxy groups -OCH3 is 1. The van der Waals surface area contributed by atoms with E-state index in [4.69, 9.17) is 4.74 Å². The molecule has 0 radical (unpaired) electrons. The number of anilines is 1. The molecule has 0 aliphatic heterocycles. The van der Waals surface area contributed by atoms with Gasteiger partial charge in [-0.05, 0) is 23.3 Å². The molecule has 1 N–H and O–H groups in total. The zero-order valence-corrected chi connectivity index (χ0v) is 17.8. The minimum Gasteiger partial charge on any atom is -0.496 e. The lowest BCUT2D eigenvalue weighted by molar-refractivity contribution is -0.111. The third-order valence-corrected chi connectivity index (χ3v) is 5.50. The molecule has 4 aromatic rings. The molecule has 0 saturated heterocycles. The maximum atomic E-state index is 13.1. The van der Waals surface area contributed by atoms with Crippen molar-refractivity contribution in [3.63, 3.8) is 0 Å². The molecule has 0 aliphatic rings. The summed E-state index contributed by atoms with van der Waals surface area (Å²) in [7, 11) is 1.65. The van der Waals surface area contributed by atoms with Crippen LogP contribution >= 0.6 is 11.3 Å². The predicted octanol–water partition coefficient (Wildman–Crippen LogP) is 5.32. The van der Waals surface area contributed by atoms with Gasteiger partial charge in [0, 0.05) is 17.6 Å². The van der Waals surface area contributed by atoms with Gasteiger partial charge in [0.05, 0.1) is 7.11 Å². The first kappa shape index (κ1) is 20.5. The monoisotopic (exact) mass is 427 g/mol. The molecule has 0 unspecified atom stereocenters. The normalized spacial score (nSPS) is 11.2. The average Bonchev–Trinajstić information content (AvgIpc) is 3.25. The van der Waals surface area contributed by atoms with Crippen molar-refractivity contribution in [2.75, 3.05) is 12.4 Å². The Morgan fingerprint density at radius 3 is 2.35 bits per heavy atom. The van der Waals surface area contributed by atoms with Crippen LogP contribution in [0.15, 0.2) is 84.9 Å². The minimum atomic E-state index is -0.227. The number of rotatable bonds is 7. The summed E-state index contributed by atoms with van der Waals surface area (Å²) in [6.07, 6.45) is 2.46. The Hall–Kier alpha value is -3.77. The van der Waals surface area contributed by atoms with Crippen LogP contribution in [0.5, 0.6) is 5.75 Å². The summed E-state index contributed by atoms with van der Waals surface area (Å²) in [5.41, 5.74) is 3.37. The van der Waals surface area contributed by atoms with Crippen molar-refractivity contribution in [2.45, 2.75) is 6.42 Å². The molecule has 0 atom stereocenters. The maximum Gasteiger partial charge on any atom is 0.258 e. The molecule has 1 aromatic heterocycles. The quantitative estimate of drug-likeness (QED) is 0.320. The average molecular weight is 428 g/mol. The van der Waals surface area contributed by atoms with E-state index in [1.54, 1.807) is 7.11 Å². The molecule has 31 heavy (non-hydrogen) atoms. The number of carbonyl (C=O) groups is 1. The van der Waals surface area contributed by atoms with E-state index >= 15 is 0 Å². The van der Waals surface area contributed by atoms with Gasteiger partial charge in [-0.1, -0.05) is 90.2 Å². The van der Waals surface area contributed by atoms with Crippen LogP contribution in [0.25, 0.3) is 11.6 Å². The van der Waals surface area contributed by atoms with Gasteiger partial charge in [-0.2, -0.15) is 0 Å². The fourth-order valence-electron chi connectivity index (χ4n) is 3.17. The molecule has 0 aliphatic carbocycles. The van der Waals surface area contributed by atoms with Crippen molar-refractivity contribution in [1.82, 2.24) is 10.2 Å². The number of nitrogens with one attached hydrogen (secondary N) is 1. The van der Waals surface area contributed by atoms with Gasteiger partial charge >= 0.3 is 0 Å². The van der Waals surface area contributed by atoms with Crippen LogP contribution in [0.2, 0.25) is 0 Å². The first-order valence-corrected chi connectivity index (χ1v) is 10.6. The van der Waals surface area contributed by atoms with Crippen LogP contribution in [0.1, 0.15) is 21.7 Å². The van der Waals surface area contributed by atoms with Gasteiger partial charge in [-0.25, -0.2) is 0 Å². The molecule has 1 heterocycles. The van der Waals surface area contributed by atoms with Crippen LogP contribution in [0.4, 0.5) is 5.13 Å². The lowest BCUT2D eigenvalue weighted by Crippen LogP contribution is -2.13. The van der Waals surface area contributed by atoms with Gasteiger partial charge in [-0.3, -0.25) is 10.1 Å². The number of ether oxygens (including phenoxy) is 1. The molecule has 4 rings (SSSR count). The molecule has 5 nitrogen and oxygen atoms in total. The SMILES string of the molecule is COc1ccccc1Cc1nnc(NC(=O)/C(=C/c2ccccc2)c2ccccc2)s1. The molecule has 0 bridgehead atoms. The van der Waals surface area contributed by atoms with Crippen LogP contribution in [-0.2, 0) is 11.2 Å². The lowest BCUT2D eigenvalue weighted by Gasteiger charge is -2.08. The van der Waals surface area contributed by atoms with E-state index < -0.39 is 0 Å². The van der Waals surface area contributed by atoms with Gasteiger partial charge in [0.25, 0.3) is 5.91 Å². The summed E-state index contributed by atoms with van der Waals surface area (Å²) in [5, 5.41) is 12.6. The fraction of sp³-hybridized carbons (Fsp3) is 0.0800. The van der Waals surface area contributed by atoms with E-state index in [0.717, 1.165) is 27.4 Å². The Balaban J connectivity index is 1.55. The van der Waals surface area contributed by atoms with Crippen molar-refractivity contribution < 1.29 is 9.53 Å². The molecule has 6 heteroatoms. The number of para-hydroxylation sites is 1. The number of amides is 1. The van der Waals surface area contributed by atoms with Crippen molar-refractivity contribution >= 4 is 34.0 Å². The summed E-state index contributed by atoms with van der Waals surface area (Å²) in [4.78, 5) is 13.1. The minimum absolute atomic E-state index is 0.227. The number of hydrogen-bond acceptors (Lipinski definition) is 5.